The summed E-state index contributed by atoms with van der Waals surface area (Å²) in [6.07, 6.45) is 0. The van der Waals surface area contributed by atoms with Crippen LogP contribution < -0.4 is 0 Å². The van der Waals surface area contributed by atoms with E-state index in [0.29, 0.717) is 11.8 Å². The summed E-state index contributed by atoms with van der Waals surface area (Å²) in [5.74, 6) is 1.20. The van der Waals surface area contributed by atoms with Crippen LogP contribution in [0, 0.1) is 0 Å². The maximum absolute atomic E-state index is 5.33. The zero-order valence-electron chi connectivity index (χ0n) is 9.00. The van der Waals surface area contributed by atoms with Crippen LogP contribution in [0.1, 0.15) is 32.3 Å². The highest BCUT2D eigenvalue weighted by Crippen LogP contribution is 2.11. The summed E-state index contributed by atoms with van der Waals surface area (Å²) in [6, 6.07) is 10.5. The summed E-state index contributed by atoms with van der Waals surface area (Å²) in [4.78, 5) is 0. The molecule has 0 amide bonds. The molecule has 0 aromatic heterocycles. The Kier molecular flexibility index (Phi) is 8.02. The van der Waals surface area contributed by atoms with E-state index in [1.807, 2.05) is 13.0 Å². The maximum Gasteiger partial charge on any atom is 0.0443 e. The molecule has 0 aliphatic carbocycles. The van der Waals surface area contributed by atoms with Gasteiger partial charge in [0.2, 0.25) is 0 Å². The Hall–Kier alpha value is -0.200. The molecular weight excluding hydrogens is 215 g/mol. The zero-order valence-corrected chi connectivity index (χ0v) is 10.5. The molecule has 0 N–H and O–H groups in total. The fourth-order valence-corrected chi connectivity index (χ4v) is 0.838. The van der Waals surface area contributed by atoms with Crippen LogP contribution in [0.5, 0.6) is 0 Å². The first-order chi connectivity index (χ1) is 6.57. The largest absolute Gasteiger partial charge is 0.125 e. The third kappa shape index (κ3) is 7.23. The lowest BCUT2D eigenvalue weighted by atomic mass is 10.0. The highest BCUT2D eigenvalue weighted by atomic mass is 35.5. The summed E-state index contributed by atoms with van der Waals surface area (Å²) in [6.45, 7) is 6.26. The van der Waals surface area contributed by atoms with Gasteiger partial charge in [-0.15, -0.1) is 23.2 Å². The van der Waals surface area contributed by atoms with E-state index in [0.717, 1.165) is 0 Å². The number of rotatable bonds is 2. The first kappa shape index (κ1) is 13.8. The second-order valence-corrected chi connectivity index (χ2v) is 4.55. The first-order valence-electron chi connectivity index (χ1n) is 4.83. The lowest BCUT2D eigenvalue weighted by molar-refractivity contribution is 0.867. The minimum atomic E-state index is 0.122. The molecule has 0 bridgehead atoms. The lowest BCUT2D eigenvalue weighted by Crippen LogP contribution is -1.87. The first-order valence-corrected chi connectivity index (χ1v) is 5.80. The van der Waals surface area contributed by atoms with Crippen LogP contribution in [-0.2, 0) is 0 Å². The van der Waals surface area contributed by atoms with Crippen LogP contribution in [0.25, 0.3) is 0 Å². The molecule has 80 valence electrons. The molecule has 0 radical (unpaired) electrons. The molecule has 0 saturated heterocycles. The molecule has 0 nitrogen and oxygen atoms in total. The van der Waals surface area contributed by atoms with E-state index >= 15 is 0 Å². The van der Waals surface area contributed by atoms with Crippen molar-refractivity contribution in [3.05, 3.63) is 35.9 Å². The molecule has 0 aliphatic rings. The summed E-state index contributed by atoms with van der Waals surface area (Å²) in [5.41, 5.74) is 1.41. The maximum atomic E-state index is 5.33. The van der Waals surface area contributed by atoms with Gasteiger partial charge in [0.25, 0.3) is 0 Å². The van der Waals surface area contributed by atoms with Gasteiger partial charge >= 0.3 is 0 Å². The Morgan fingerprint density at radius 2 is 1.50 bits per heavy atom. The minimum Gasteiger partial charge on any atom is -0.125 e. The average molecular weight is 233 g/mol. The Morgan fingerprint density at radius 3 is 1.71 bits per heavy atom. The highest BCUT2D eigenvalue weighted by Gasteiger charge is 1.93. The smallest absolute Gasteiger partial charge is 0.0443 e. The van der Waals surface area contributed by atoms with Gasteiger partial charge in [-0.2, -0.15) is 0 Å². The average Bonchev–Trinajstić information content (AvgIpc) is 2.20. The molecule has 14 heavy (non-hydrogen) atoms. The quantitative estimate of drug-likeness (QED) is 0.651. The molecular formula is C12H18Cl2. The molecule has 2 heteroatoms. The normalized spacial score (nSPS) is 11.9. The van der Waals surface area contributed by atoms with Crippen molar-refractivity contribution in [3.63, 3.8) is 0 Å². The number of hydrogen-bond acceptors (Lipinski definition) is 0. The number of alkyl halides is 2. The number of hydrogen-bond donors (Lipinski definition) is 0. The minimum absolute atomic E-state index is 0.122. The van der Waals surface area contributed by atoms with Crippen LogP contribution in [0.4, 0.5) is 0 Å². The molecule has 1 unspecified atom stereocenters. The van der Waals surface area contributed by atoms with Crippen LogP contribution in [0.3, 0.4) is 0 Å². The van der Waals surface area contributed by atoms with Crippen molar-refractivity contribution in [3.8, 4) is 0 Å². The second kappa shape index (κ2) is 8.14. The van der Waals surface area contributed by atoms with Gasteiger partial charge in [-0.1, -0.05) is 44.2 Å². The van der Waals surface area contributed by atoms with E-state index < -0.39 is 0 Å². The summed E-state index contributed by atoms with van der Waals surface area (Å²) >= 11 is 10.5. The van der Waals surface area contributed by atoms with E-state index in [4.69, 9.17) is 23.2 Å². The molecule has 0 aliphatic heterocycles. The van der Waals surface area contributed by atoms with E-state index in [9.17, 15) is 0 Å². The van der Waals surface area contributed by atoms with Crippen LogP contribution in [-0.4, -0.2) is 11.3 Å². The van der Waals surface area contributed by atoms with Gasteiger partial charge in [0.05, 0.1) is 0 Å². The van der Waals surface area contributed by atoms with Gasteiger partial charge in [0, 0.05) is 11.3 Å². The van der Waals surface area contributed by atoms with E-state index in [1.54, 1.807) is 0 Å². The molecule has 1 aromatic carbocycles. The summed E-state index contributed by atoms with van der Waals surface area (Å²) in [5, 5.41) is 0.122. The van der Waals surface area contributed by atoms with Crippen LogP contribution in [0.15, 0.2) is 30.3 Å². The standard InChI is InChI=1S/C9H12.C3H6Cl2/c1-8(2)9-6-4-3-5-7-9;1-3(5)2-4/h3-8H,1-2H3;3H,2H2,1H3. The van der Waals surface area contributed by atoms with Crippen molar-refractivity contribution in [2.75, 3.05) is 5.88 Å². The van der Waals surface area contributed by atoms with Crippen molar-refractivity contribution < 1.29 is 0 Å². The predicted octanol–water partition coefficient (Wildman–Crippen LogP) is 4.66. The van der Waals surface area contributed by atoms with E-state index in [2.05, 4.69) is 38.1 Å². The Bertz CT molecular complexity index is 217. The lowest BCUT2D eigenvalue weighted by Gasteiger charge is -2.01. The van der Waals surface area contributed by atoms with E-state index in [1.165, 1.54) is 5.56 Å². The molecule has 0 saturated carbocycles. The second-order valence-electron chi connectivity index (χ2n) is 3.50. The van der Waals surface area contributed by atoms with Gasteiger partial charge in [0.1, 0.15) is 0 Å². The van der Waals surface area contributed by atoms with Crippen molar-refractivity contribution in [1.29, 1.82) is 0 Å². The fourth-order valence-electron chi connectivity index (χ4n) is 0.838. The topological polar surface area (TPSA) is 0 Å². The van der Waals surface area contributed by atoms with Gasteiger partial charge in [0.15, 0.2) is 0 Å². The number of halogens is 2. The van der Waals surface area contributed by atoms with Gasteiger partial charge in [-0.25, -0.2) is 0 Å². The van der Waals surface area contributed by atoms with Crippen molar-refractivity contribution >= 4 is 23.2 Å². The summed E-state index contributed by atoms with van der Waals surface area (Å²) in [7, 11) is 0. The molecule has 0 spiro atoms. The summed E-state index contributed by atoms with van der Waals surface area (Å²) < 4.78 is 0. The Balaban J connectivity index is 0.000000292. The van der Waals surface area contributed by atoms with Gasteiger partial charge < -0.3 is 0 Å². The Labute approximate surface area is 97.2 Å². The SMILES string of the molecule is CC(C)c1ccccc1.CC(Cl)CCl. The molecule has 1 atom stereocenters. The highest BCUT2D eigenvalue weighted by molar-refractivity contribution is 6.27. The molecule has 1 rings (SSSR count). The monoisotopic (exact) mass is 232 g/mol. The molecule has 0 fully saturated rings. The number of benzene rings is 1. The Morgan fingerprint density at radius 1 is 1.07 bits per heavy atom. The third-order valence-corrected chi connectivity index (χ3v) is 2.45. The van der Waals surface area contributed by atoms with E-state index in [-0.39, 0.29) is 5.38 Å². The third-order valence-electron chi connectivity index (χ3n) is 1.68. The molecule has 1 aromatic rings. The zero-order chi connectivity index (χ0) is 11.0. The fraction of sp³-hybridized carbons (Fsp3) is 0.500. The van der Waals surface area contributed by atoms with Crippen LogP contribution in [0.2, 0.25) is 0 Å². The molecule has 0 heterocycles. The van der Waals surface area contributed by atoms with Crippen molar-refractivity contribution in [2.24, 2.45) is 0 Å². The van der Waals surface area contributed by atoms with Crippen molar-refractivity contribution in [2.45, 2.75) is 32.1 Å². The predicted molar refractivity (Wildman–Crippen MR) is 66.6 cm³/mol. The van der Waals surface area contributed by atoms with Crippen molar-refractivity contribution in [1.82, 2.24) is 0 Å². The van der Waals surface area contributed by atoms with Gasteiger partial charge in [-0.05, 0) is 18.4 Å². The van der Waals surface area contributed by atoms with Crippen LogP contribution >= 0.6 is 23.2 Å². The van der Waals surface area contributed by atoms with Gasteiger partial charge in [-0.3, -0.25) is 0 Å².